The number of amides is 1. The van der Waals surface area contributed by atoms with Gasteiger partial charge in [-0.3, -0.25) is 4.79 Å². The van der Waals surface area contributed by atoms with Gasteiger partial charge in [0.2, 0.25) is 5.91 Å². The molecule has 1 unspecified atom stereocenters. The van der Waals surface area contributed by atoms with Gasteiger partial charge in [-0.05, 0) is 25.3 Å². The van der Waals surface area contributed by atoms with E-state index in [0.29, 0.717) is 13.0 Å². The molecule has 1 rings (SSSR count). The highest BCUT2D eigenvalue weighted by Gasteiger charge is 2.19. The average Bonchev–Trinajstić information content (AvgIpc) is 2.44. The van der Waals surface area contributed by atoms with Crippen LogP contribution in [0.2, 0.25) is 0 Å². The van der Waals surface area contributed by atoms with Crippen LogP contribution in [0.15, 0.2) is 30.3 Å². The molecule has 0 spiro atoms. The van der Waals surface area contributed by atoms with Crippen molar-refractivity contribution >= 4 is 5.91 Å². The van der Waals surface area contributed by atoms with E-state index in [0.717, 1.165) is 6.42 Å². The van der Waals surface area contributed by atoms with Gasteiger partial charge in [-0.1, -0.05) is 30.3 Å². The molecule has 0 aromatic heterocycles. The van der Waals surface area contributed by atoms with E-state index in [1.165, 1.54) is 5.56 Å². The lowest BCUT2D eigenvalue weighted by molar-refractivity contribution is -0.131. The fourth-order valence-corrected chi connectivity index (χ4v) is 1.91. The number of nitrogens with two attached hydrogens (primary N) is 1. The summed E-state index contributed by atoms with van der Waals surface area (Å²) in [5.41, 5.74) is 7.09. The average molecular weight is 259 g/mol. The Hall–Kier alpha value is -1.86. The number of nitrogens with zero attached hydrogens (tertiary/aromatic N) is 2. The molecule has 1 aromatic carbocycles. The molecule has 1 amide bonds. The first-order chi connectivity index (χ1) is 9.04. The zero-order chi connectivity index (χ0) is 14.3. The van der Waals surface area contributed by atoms with Gasteiger partial charge in [0, 0.05) is 13.6 Å². The lowest BCUT2D eigenvalue weighted by Crippen LogP contribution is -2.43. The summed E-state index contributed by atoms with van der Waals surface area (Å²) in [6, 6.07) is 11.6. The largest absolute Gasteiger partial charge is 0.343 e. The van der Waals surface area contributed by atoms with E-state index >= 15 is 0 Å². The van der Waals surface area contributed by atoms with Crippen molar-refractivity contribution in [2.75, 3.05) is 13.6 Å². The summed E-state index contributed by atoms with van der Waals surface area (Å²) in [7, 11) is 1.69. The lowest BCUT2D eigenvalue weighted by Gasteiger charge is -2.22. The van der Waals surface area contributed by atoms with Crippen molar-refractivity contribution in [3.63, 3.8) is 0 Å². The van der Waals surface area contributed by atoms with Crippen molar-refractivity contribution in [2.45, 2.75) is 25.8 Å². The molecule has 1 aromatic rings. The molecule has 102 valence electrons. The Morgan fingerprint density at radius 1 is 1.42 bits per heavy atom. The van der Waals surface area contributed by atoms with E-state index in [1.54, 1.807) is 18.9 Å². The third-order valence-electron chi connectivity index (χ3n) is 3.05. The third-order valence-corrected chi connectivity index (χ3v) is 3.05. The van der Waals surface area contributed by atoms with Gasteiger partial charge in [0.1, 0.15) is 0 Å². The normalized spacial score (nSPS) is 13.4. The molecule has 0 aliphatic heterocycles. The predicted octanol–water partition coefficient (Wildman–Crippen LogP) is 1.56. The number of hydrogen-bond acceptors (Lipinski definition) is 3. The van der Waals surface area contributed by atoms with Gasteiger partial charge in [0.05, 0.1) is 18.0 Å². The van der Waals surface area contributed by atoms with Crippen molar-refractivity contribution in [2.24, 2.45) is 11.7 Å². The zero-order valence-corrected chi connectivity index (χ0v) is 11.5. The predicted molar refractivity (Wildman–Crippen MR) is 75.2 cm³/mol. The third kappa shape index (κ3) is 5.11. The second-order valence-electron chi connectivity index (χ2n) is 4.88. The highest BCUT2D eigenvalue weighted by Crippen LogP contribution is 2.06. The van der Waals surface area contributed by atoms with Gasteiger partial charge >= 0.3 is 0 Å². The molecule has 0 fully saturated rings. The van der Waals surface area contributed by atoms with Crippen molar-refractivity contribution in [1.29, 1.82) is 5.26 Å². The molecule has 0 radical (unpaired) electrons. The van der Waals surface area contributed by atoms with Gasteiger partial charge in [-0.2, -0.15) is 5.26 Å². The maximum atomic E-state index is 12.0. The van der Waals surface area contributed by atoms with E-state index in [1.807, 2.05) is 30.3 Å². The molecule has 4 nitrogen and oxygen atoms in total. The van der Waals surface area contributed by atoms with E-state index in [4.69, 9.17) is 11.0 Å². The Morgan fingerprint density at radius 2 is 2.05 bits per heavy atom. The van der Waals surface area contributed by atoms with E-state index < -0.39 is 6.04 Å². The second-order valence-corrected chi connectivity index (χ2v) is 4.88. The Morgan fingerprint density at radius 3 is 2.63 bits per heavy atom. The van der Waals surface area contributed by atoms with Gasteiger partial charge in [0.15, 0.2) is 0 Å². The van der Waals surface area contributed by atoms with Crippen LogP contribution in [0.3, 0.4) is 0 Å². The first-order valence-corrected chi connectivity index (χ1v) is 6.48. The molecule has 0 aliphatic rings. The zero-order valence-electron chi connectivity index (χ0n) is 11.5. The minimum Gasteiger partial charge on any atom is -0.343 e. The summed E-state index contributed by atoms with van der Waals surface area (Å²) in [5, 5.41) is 8.74. The molecule has 19 heavy (non-hydrogen) atoms. The lowest BCUT2D eigenvalue weighted by atomic mass is 10.0. The highest BCUT2D eigenvalue weighted by molar-refractivity contribution is 5.81. The maximum Gasteiger partial charge on any atom is 0.239 e. The Labute approximate surface area is 114 Å². The molecular weight excluding hydrogens is 238 g/mol. The van der Waals surface area contributed by atoms with Gasteiger partial charge in [0.25, 0.3) is 0 Å². The van der Waals surface area contributed by atoms with Crippen LogP contribution in [-0.4, -0.2) is 30.4 Å². The Bertz CT molecular complexity index is 438. The van der Waals surface area contributed by atoms with E-state index in [9.17, 15) is 4.79 Å². The summed E-state index contributed by atoms with van der Waals surface area (Å²) in [5.74, 6) is -0.270. The monoisotopic (exact) mass is 259 g/mol. The highest BCUT2D eigenvalue weighted by atomic mass is 16.2. The minimum atomic E-state index is -0.504. The van der Waals surface area contributed by atoms with Crippen LogP contribution in [0.5, 0.6) is 0 Å². The van der Waals surface area contributed by atoms with Crippen LogP contribution in [0.1, 0.15) is 18.9 Å². The molecule has 0 aliphatic carbocycles. The fourth-order valence-electron chi connectivity index (χ4n) is 1.91. The van der Waals surface area contributed by atoms with Crippen molar-refractivity contribution in [3.05, 3.63) is 35.9 Å². The van der Waals surface area contributed by atoms with Crippen LogP contribution >= 0.6 is 0 Å². The number of aryl methyl sites for hydroxylation is 1. The van der Waals surface area contributed by atoms with Crippen LogP contribution in [0.4, 0.5) is 0 Å². The first kappa shape index (κ1) is 15.2. The number of likely N-dealkylation sites (N-methyl/N-ethyl adjacent to an activating group) is 1. The summed E-state index contributed by atoms with van der Waals surface area (Å²) in [6.07, 6.45) is 1.41. The number of benzene rings is 1. The van der Waals surface area contributed by atoms with Gasteiger partial charge in [-0.15, -0.1) is 0 Å². The summed E-state index contributed by atoms with van der Waals surface area (Å²) >= 11 is 0. The number of rotatable bonds is 6. The second kappa shape index (κ2) is 7.55. The number of hydrogen-bond donors (Lipinski definition) is 1. The molecule has 4 heteroatoms. The molecule has 2 N–H and O–H groups in total. The first-order valence-electron chi connectivity index (χ1n) is 6.48. The quantitative estimate of drug-likeness (QED) is 0.843. The number of nitriles is 1. The molecule has 0 saturated heterocycles. The fraction of sp³-hybridized carbons (Fsp3) is 0.467. The van der Waals surface area contributed by atoms with Gasteiger partial charge in [-0.25, -0.2) is 0 Å². The number of carbonyl (C=O) groups is 1. The smallest absolute Gasteiger partial charge is 0.239 e. The van der Waals surface area contributed by atoms with Crippen LogP contribution in [0.25, 0.3) is 0 Å². The van der Waals surface area contributed by atoms with Crippen molar-refractivity contribution in [1.82, 2.24) is 4.90 Å². The molecule has 0 heterocycles. The van der Waals surface area contributed by atoms with Crippen LogP contribution in [0, 0.1) is 17.2 Å². The van der Waals surface area contributed by atoms with Crippen molar-refractivity contribution < 1.29 is 4.79 Å². The molecule has 0 saturated carbocycles. The van der Waals surface area contributed by atoms with Crippen molar-refractivity contribution in [3.8, 4) is 6.07 Å². The summed E-state index contributed by atoms with van der Waals surface area (Å²) in [4.78, 5) is 13.6. The Balaban J connectivity index is 2.42. The van der Waals surface area contributed by atoms with Crippen LogP contribution < -0.4 is 5.73 Å². The topological polar surface area (TPSA) is 70.1 Å². The summed E-state index contributed by atoms with van der Waals surface area (Å²) in [6.45, 7) is 2.22. The van der Waals surface area contributed by atoms with E-state index in [2.05, 4.69) is 6.07 Å². The van der Waals surface area contributed by atoms with Crippen LogP contribution in [-0.2, 0) is 11.2 Å². The SMILES string of the molecule is CC(C#N)CN(C)C(=O)[C@@H](N)CCc1ccccc1. The van der Waals surface area contributed by atoms with Gasteiger partial charge < -0.3 is 10.6 Å². The summed E-state index contributed by atoms with van der Waals surface area (Å²) < 4.78 is 0. The standard InChI is InChI=1S/C15H21N3O/c1-12(10-16)11-18(2)15(19)14(17)9-8-13-6-4-3-5-7-13/h3-7,12,14H,8-9,11,17H2,1-2H3/t12?,14-/m0/s1. The minimum absolute atomic E-state index is 0.0990. The van der Waals surface area contributed by atoms with E-state index in [-0.39, 0.29) is 11.8 Å². The number of carbonyl (C=O) groups excluding carboxylic acids is 1. The molecule has 2 atom stereocenters. The molecular formula is C15H21N3O. The molecule has 0 bridgehead atoms. The Kier molecular flexibility index (Phi) is 6.04. The maximum absolute atomic E-state index is 12.0.